The van der Waals surface area contributed by atoms with Crippen LogP contribution in [-0.4, -0.2) is 17.6 Å². The highest BCUT2D eigenvalue weighted by molar-refractivity contribution is 7.89. The molecule has 0 aliphatic rings. The average molecular weight is 271 g/mol. The smallest absolute Gasteiger partial charge is 0.199 e. The fraction of sp³-hybridized carbons (Fsp3) is 0.182. The Morgan fingerprint density at radius 1 is 1.29 bits per heavy atom. The highest BCUT2D eigenvalue weighted by atomic mass is 35.5. The van der Waals surface area contributed by atoms with Gasteiger partial charge < -0.3 is 0 Å². The number of hydrogen-bond donors (Lipinski definition) is 0. The lowest BCUT2D eigenvalue weighted by molar-refractivity contribution is 0.579. The molecule has 0 fully saturated rings. The Balaban J connectivity index is 2.60. The number of halogens is 1. The summed E-state index contributed by atoms with van der Waals surface area (Å²) in [6.07, 6.45) is 2.57. The van der Waals surface area contributed by atoms with Gasteiger partial charge in [0.05, 0.1) is 22.3 Å². The predicted octanol–water partition coefficient (Wildman–Crippen LogP) is 2.39. The molecule has 0 atom stereocenters. The Hall–Kier alpha value is -1.33. The van der Waals surface area contributed by atoms with Crippen molar-refractivity contribution < 1.29 is 8.42 Å². The summed E-state index contributed by atoms with van der Waals surface area (Å²) in [5.41, 5.74) is 1.71. The van der Waals surface area contributed by atoms with Gasteiger partial charge in [0, 0.05) is 0 Å². The van der Waals surface area contributed by atoms with Crippen molar-refractivity contribution in [2.45, 2.75) is 18.7 Å². The summed E-state index contributed by atoms with van der Waals surface area (Å²) in [6, 6.07) is 5.15. The molecule has 6 heteroatoms. The maximum Gasteiger partial charge on any atom is 0.283 e. The van der Waals surface area contributed by atoms with Crippen LogP contribution in [0.3, 0.4) is 0 Å². The van der Waals surface area contributed by atoms with Crippen molar-refractivity contribution in [2.24, 2.45) is 0 Å². The zero-order chi connectivity index (χ0) is 12.6. The molecule has 0 aliphatic heterocycles. The topological polar surface area (TPSA) is 52.0 Å². The Morgan fingerprint density at radius 2 is 2.00 bits per heavy atom. The fourth-order valence-electron chi connectivity index (χ4n) is 1.61. The lowest BCUT2D eigenvalue weighted by Gasteiger charge is -2.07. The van der Waals surface area contributed by atoms with Gasteiger partial charge in [-0.25, -0.2) is 0 Å². The minimum absolute atomic E-state index is 0.239. The van der Waals surface area contributed by atoms with Gasteiger partial charge >= 0.3 is 0 Å². The molecule has 90 valence electrons. The molecular weight excluding hydrogens is 260 g/mol. The molecule has 1 aromatic carbocycles. The van der Waals surface area contributed by atoms with E-state index in [4.69, 9.17) is 11.6 Å². The Bertz CT molecular complexity index is 662. The average Bonchev–Trinajstić information content (AvgIpc) is 2.64. The molecule has 17 heavy (non-hydrogen) atoms. The number of benzene rings is 1. The fourth-order valence-corrected chi connectivity index (χ4v) is 3.13. The quantitative estimate of drug-likeness (QED) is 0.842. The number of nitrogens with zero attached hydrogens (tertiary/aromatic N) is 2. The third-order valence-electron chi connectivity index (χ3n) is 2.38. The van der Waals surface area contributed by atoms with Crippen LogP contribution in [0.25, 0.3) is 0 Å². The van der Waals surface area contributed by atoms with Crippen LogP contribution < -0.4 is 0 Å². The summed E-state index contributed by atoms with van der Waals surface area (Å²) in [5.74, 6) is 0. The summed E-state index contributed by atoms with van der Waals surface area (Å²) in [7, 11) is -3.64. The first-order valence-corrected chi connectivity index (χ1v) is 6.76. The van der Waals surface area contributed by atoms with Crippen molar-refractivity contribution in [1.82, 2.24) is 9.19 Å². The molecule has 1 aromatic heterocycles. The van der Waals surface area contributed by atoms with Crippen molar-refractivity contribution >= 4 is 21.6 Å². The van der Waals surface area contributed by atoms with E-state index in [2.05, 4.69) is 5.10 Å². The third-order valence-corrected chi connectivity index (χ3v) is 4.28. The first-order valence-electron chi connectivity index (χ1n) is 4.94. The van der Waals surface area contributed by atoms with Crippen molar-refractivity contribution in [3.05, 3.63) is 46.7 Å². The van der Waals surface area contributed by atoms with Gasteiger partial charge in [0.25, 0.3) is 10.0 Å². The van der Waals surface area contributed by atoms with E-state index < -0.39 is 10.0 Å². The molecule has 0 bridgehead atoms. The molecule has 0 spiro atoms. The van der Waals surface area contributed by atoms with Gasteiger partial charge in [-0.2, -0.15) is 17.6 Å². The first kappa shape index (κ1) is 12.1. The van der Waals surface area contributed by atoms with E-state index in [0.29, 0.717) is 10.6 Å². The molecule has 0 saturated carbocycles. The van der Waals surface area contributed by atoms with Crippen LogP contribution in [0.2, 0.25) is 5.02 Å². The molecule has 0 aliphatic carbocycles. The van der Waals surface area contributed by atoms with Crippen LogP contribution in [0.15, 0.2) is 35.5 Å². The van der Waals surface area contributed by atoms with Gasteiger partial charge in [-0.15, -0.1) is 0 Å². The normalized spacial score (nSPS) is 11.7. The molecule has 4 nitrogen and oxygen atoms in total. The minimum Gasteiger partial charge on any atom is -0.199 e. The highest BCUT2D eigenvalue weighted by Crippen LogP contribution is 2.20. The van der Waals surface area contributed by atoms with Crippen LogP contribution in [0, 0.1) is 13.8 Å². The highest BCUT2D eigenvalue weighted by Gasteiger charge is 2.20. The lowest BCUT2D eigenvalue weighted by Crippen LogP contribution is -2.14. The maximum absolute atomic E-state index is 12.2. The molecule has 0 N–H and O–H groups in total. The molecule has 0 radical (unpaired) electrons. The monoisotopic (exact) mass is 270 g/mol. The van der Waals surface area contributed by atoms with Crippen LogP contribution in [0.4, 0.5) is 0 Å². The van der Waals surface area contributed by atoms with Gasteiger partial charge in [-0.3, -0.25) is 0 Å². The van der Waals surface area contributed by atoms with E-state index in [1.807, 2.05) is 13.0 Å². The molecule has 0 unspecified atom stereocenters. The summed E-state index contributed by atoms with van der Waals surface area (Å²) >= 11 is 5.67. The number of hydrogen-bond acceptors (Lipinski definition) is 3. The molecule has 2 aromatic rings. The van der Waals surface area contributed by atoms with Crippen molar-refractivity contribution in [3.63, 3.8) is 0 Å². The molecule has 0 saturated heterocycles. The Kier molecular flexibility index (Phi) is 2.97. The molecule has 2 rings (SSSR count). The van der Waals surface area contributed by atoms with Gasteiger partial charge in [0.2, 0.25) is 0 Å². The first-order chi connectivity index (χ1) is 7.91. The van der Waals surface area contributed by atoms with Crippen LogP contribution in [0.5, 0.6) is 0 Å². The molecule has 1 heterocycles. The third kappa shape index (κ3) is 2.21. The van der Waals surface area contributed by atoms with Crippen LogP contribution >= 0.6 is 11.6 Å². The van der Waals surface area contributed by atoms with E-state index >= 15 is 0 Å². The standard InChI is InChI=1S/C11H11ClN2O2S/c1-8-3-4-11(9(2)5-8)17(15,16)14-7-10(12)6-13-14/h3-7H,1-2H3. The summed E-state index contributed by atoms with van der Waals surface area (Å²) in [4.78, 5) is 0.239. The lowest BCUT2D eigenvalue weighted by atomic mass is 10.2. The second-order valence-electron chi connectivity index (χ2n) is 3.81. The van der Waals surface area contributed by atoms with Gasteiger partial charge in [0.1, 0.15) is 0 Å². The van der Waals surface area contributed by atoms with Gasteiger partial charge in [-0.1, -0.05) is 29.3 Å². The van der Waals surface area contributed by atoms with Crippen LogP contribution in [-0.2, 0) is 10.0 Å². The molecule has 0 amide bonds. The Labute approximate surface area is 105 Å². The zero-order valence-corrected chi connectivity index (χ0v) is 11.0. The second-order valence-corrected chi connectivity index (χ2v) is 6.01. The molecular formula is C11H11ClN2O2S. The van der Waals surface area contributed by atoms with E-state index in [0.717, 1.165) is 9.65 Å². The summed E-state index contributed by atoms with van der Waals surface area (Å²) < 4.78 is 25.3. The van der Waals surface area contributed by atoms with E-state index in [9.17, 15) is 8.42 Å². The van der Waals surface area contributed by atoms with E-state index in [1.54, 1.807) is 19.1 Å². The van der Waals surface area contributed by atoms with Crippen molar-refractivity contribution in [1.29, 1.82) is 0 Å². The minimum atomic E-state index is -3.64. The zero-order valence-electron chi connectivity index (χ0n) is 9.38. The largest absolute Gasteiger partial charge is 0.283 e. The van der Waals surface area contributed by atoms with Gasteiger partial charge in [-0.05, 0) is 25.5 Å². The second kappa shape index (κ2) is 4.16. The van der Waals surface area contributed by atoms with Crippen molar-refractivity contribution in [3.8, 4) is 0 Å². The van der Waals surface area contributed by atoms with Crippen molar-refractivity contribution in [2.75, 3.05) is 0 Å². The number of aryl methyl sites for hydroxylation is 2. The van der Waals surface area contributed by atoms with Gasteiger partial charge in [0.15, 0.2) is 0 Å². The van der Waals surface area contributed by atoms with E-state index in [-0.39, 0.29) is 4.90 Å². The summed E-state index contributed by atoms with van der Waals surface area (Å²) in [6.45, 7) is 3.67. The van der Waals surface area contributed by atoms with E-state index in [1.165, 1.54) is 12.4 Å². The number of rotatable bonds is 2. The SMILES string of the molecule is Cc1ccc(S(=O)(=O)n2cc(Cl)cn2)c(C)c1. The summed E-state index contributed by atoms with van der Waals surface area (Å²) in [5, 5.41) is 4.01. The Morgan fingerprint density at radius 3 is 2.53 bits per heavy atom. The predicted molar refractivity (Wildman–Crippen MR) is 65.7 cm³/mol. The van der Waals surface area contributed by atoms with Crippen LogP contribution in [0.1, 0.15) is 11.1 Å². The number of aromatic nitrogens is 2. The maximum atomic E-state index is 12.2.